The Morgan fingerprint density at radius 3 is 2.33 bits per heavy atom. The molecule has 0 amide bonds. The lowest BCUT2D eigenvalue weighted by atomic mass is 9.96. The summed E-state index contributed by atoms with van der Waals surface area (Å²) >= 11 is 9.46. The lowest BCUT2D eigenvalue weighted by Crippen LogP contribution is -2.23. The molecular weight excluding hydrogens is 273 g/mol. The summed E-state index contributed by atoms with van der Waals surface area (Å²) in [5.41, 5.74) is 1.39. The molecule has 0 spiro atoms. The van der Waals surface area contributed by atoms with Crippen LogP contribution in [0.4, 0.5) is 5.69 Å². The van der Waals surface area contributed by atoms with E-state index in [1.54, 1.807) is 0 Å². The van der Waals surface area contributed by atoms with E-state index in [1.165, 1.54) is 5.69 Å². The maximum atomic E-state index is 5.87. The van der Waals surface area contributed by atoms with Crippen molar-refractivity contribution in [1.82, 2.24) is 0 Å². The maximum absolute atomic E-state index is 5.87. The molecule has 15 heavy (non-hydrogen) atoms. The van der Waals surface area contributed by atoms with Crippen LogP contribution in [0.3, 0.4) is 0 Å². The highest BCUT2D eigenvalue weighted by molar-refractivity contribution is 9.11. The molecule has 3 heteroatoms. The zero-order chi connectivity index (χ0) is 11.1. The first-order chi connectivity index (χ1) is 6.98. The summed E-state index contributed by atoms with van der Waals surface area (Å²) in [5.74, 6) is 0. The topological polar surface area (TPSA) is 3.24 Å². The molecule has 80 valence electrons. The van der Waals surface area contributed by atoms with Gasteiger partial charge in [-0.3, -0.25) is 0 Å². The van der Waals surface area contributed by atoms with Gasteiger partial charge in [-0.1, -0.05) is 25.4 Å². The lowest BCUT2D eigenvalue weighted by molar-refractivity contribution is 0.516. The molecule has 0 N–H and O–H groups in total. The summed E-state index contributed by atoms with van der Waals surface area (Å²) in [7, 11) is 0. The molecule has 0 fully saturated rings. The molecule has 0 saturated heterocycles. The zero-order valence-electron chi connectivity index (χ0n) is 8.80. The van der Waals surface area contributed by atoms with Crippen molar-refractivity contribution in [3.05, 3.63) is 40.0 Å². The van der Waals surface area contributed by atoms with Gasteiger partial charge >= 0.3 is 0 Å². The van der Waals surface area contributed by atoms with Crippen molar-refractivity contribution in [3.63, 3.8) is 0 Å². The van der Waals surface area contributed by atoms with Crippen LogP contribution in [0.2, 0.25) is 5.02 Å². The number of anilines is 1. The van der Waals surface area contributed by atoms with Gasteiger partial charge in [0.2, 0.25) is 0 Å². The summed E-state index contributed by atoms with van der Waals surface area (Å²) in [6.07, 6.45) is 2.24. The Hall–Kier alpha value is -0.470. The van der Waals surface area contributed by atoms with Crippen molar-refractivity contribution in [2.24, 2.45) is 5.41 Å². The SMILES string of the molecule is CC1(C)C=C(Br)N(c2ccc(Cl)cc2)C1. The van der Waals surface area contributed by atoms with Crippen molar-refractivity contribution in [1.29, 1.82) is 0 Å². The second-order valence-electron chi connectivity index (χ2n) is 4.52. The third kappa shape index (κ3) is 2.37. The Kier molecular flexibility index (Phi) is 2.82. The summed E-state index contributed by atoms with van der Waals surface area (Å²) < 4.78 is 1.13. The minimum atomic E-state index is 0.221. The minimum absolute atomic E-state index is 0.221. The molecule has 1 aromatic carbocycles. The molecule has 0 bridgehead atoms. The van der Waals surface area contributed by atoms with Gasteiger partial charge in [-0.05, 0) is 46.3 Å². The number of benzene rings is 1. The maximum Gasteiger partial charge on any atom is 0.0816 e. The van der Waals surface area contributed by atoms with Gasteiger partial charge in [0.05, 0.1) is 4.61 Å². The van der Waals surface area contributed by atoms with Gasteiger partial charge in [0.15, 0.2) is 0 Å². The number of hydrogen-bond donors (Lipinski definition) is 0. The Labute approximate surface area is 104 Å². The van der Waals surface area contributed by atoms with Crippen LogP contribution in [-0.2, 0) is 0 Å². The highest BCUT2D eigenvalue weighted by Crippen LogP contribution is 2.37. The Balaban J connectivity index is 2.27. The van der Waals surface area contributed by atoms with Crippen LogP contribution in [0.15, 0.2) is 34.9 Å². The third-order valence-electron chi connectivity index (χ3n) is 2.47. The molecule has 0 aliphatic carbocycles. The first kappa shape index (κ1) is 11.0. The van der Waals surface area contributed by atoms with Gasteiger partial charge in [-0.25, -0.2) is 0 Å². The standard InChI is InChI=1S/C12H13BrClN/c1-12(2)7-11(13)15(8-12)10-5-3-9(14)4-6-10/h3-7H,8H2,1-2H3. The largest absolute Gasteiger partial charge is 0.335 e. The predicted molar refractivity (Wildman–Crippen MR) is 69.6 cm³/mol. The van der Waals surface area contributed by atoms with Crippen molar-refractivity contribution >= 4 is 33.2 Å². The van der Waals surface area contributed by atoms with Crippen LogP contribution < -0.4 is 4.90 Å². The molecule has 1 nitrogen and oxygen atoms in total. The molecule has 2 rings (SSSR count). The highest BCUT2D eigenvalue weighted by atomic mass is 79.9. The summed E-state index contributed by atoms with van der Waals surface area (Å²) in [4.78, 5) is 2.25. The predicted octanol–water partition coefficient (Wildman–Crippen LogP) is 4.42. The van der Waals surface area contributed by atoms with Gasteiger partial charge in [-0.2, -0.15) is 0 Å². The number of nitrogens with zero attached hydrogens (tertiary/aromatic N) is 1. The van der Waals surface area contributed by atoms with Crippen LogP contribution in [0, 0.1) is 5.41 Å². The van der Waals surface area contributed by atoms with E-state index in [0.29, 0.717) is 0 Å². The van der Waals surface area contributed by atoms with E-state index in [1.807, 2.05) is 24.3 Å². The monoisotopic (exact) mass is 285 g/mol. The van der Waals surface area contributed by atoms with E-state index in [0.717, 1.165) is 16.2 Å². The molecule has 0 radical (unpaired) electrons. The average Bonchev–Trinajstić information content (AvgIpc) is 2.41. The van der Waals surface area contributed by atoms with E-state index >= 15 is 0 Å². The van der Waals surface area contributed by atoms with E-state index in [2.05, 4.69) is 40.8 Å². The smallest absolute Gasteiger partial charge is 0.0816 e. The van der Waals surface area contributed by atoms with Crippen LogP contribution in [0.25, 0.3) is 0 Å². The highest BCUT2D eigenvalue weighted by Gasteiger charge is 2.28. The van der Waals surface area contributed by atoms with Gasteiger partial charge < -0.3 is 4.90 Å². The molecule has 1 aliphatic heterocycles. The average molecular weight is 287 g/mol. The van der Waals surface area contributed by atoms with E-state index in [9.17, 15) is 0 Å². The van der Waals surface area contributed by atoms with Crippen molar-refractivity contribution in [2.45, 2.75) is 13.8 Å². The van der Waals surface area contributed by atoms with Crippen LogP contribution in [0.1, 0.15) is 13.8 Å². The second-order valence-corrected chi connectivity index (χ2v) is 5.77. The van der Waals surface area contributed by atoms with Crippen molar-refractivity contribution < 1.29 is 0 Å². The fourth-order valence-electron chi connectivity index (χ4n) is 1.76. The third-order valence-corrected chi connectivity index (χ3v) is 3.38. The Morgan fingerprint density at radius 1 is 1.27 bits per heavy atom. The zero-order valence-corrected chi connectivity index (χ0v) is 11.1. The second kappa shape index (κ2) is 3.84. The fourth-order valence-corrected chi connectivity index (χ4v) is 2.84. The molecule has 1 heterocycles. The Morgan fingerprint density at radius 2 is 1.87 bits per heavy atom. The van der Waals surface area contributed by atoms with Crippen molar-refractivity contribution in [3.8, 4) is 0 Å². The van der Waals surface area contributed by atoms with Crippen LogP contribution in [-0.4, -0.2) is 6.54 Å². The molecular formula is C12H13BrClN. The van der Waals surface area contributed by atoms with Gasteiger partial charge in [-0.15, -0.1) is 0 Å². The fraction of sp³-hybridized carbons (Fsp3) is 0.333. The van der Waals surface area contributed by atoms with E-state index in [4.69, 9.17) is 11.6 Å². The van der Waals surface area contributed by atoms with Gasteiger partial charge in [0, 0.05) is 22.7 Å². The van der Waals surface area contributed by atoms with Gasteiger partial charge in [0.25, 0.3) is 0 Å². The molecule has 1 aromatic rings. The normalized spacial score (nSPS) is 19.2. The minimum Gasteiger partial charge on any atom is -0.335 e. The lowest BCUT2D eigenvalue weighted by Gasteiger charge is -2.23. The first-order valence-electron chi connectivity index (χ1n) is 4.89. The molecule has 0 aromatic heterocycles. The number of halogens is 2. The van der Waals surface area contributed by atoms with Crippen molar-refractivity contribution in [2.75, 3.05) is 11.4 Å². The first-order valence-corrected chi connectivity index (χ1v) is 6.06. The quantitative estimate of drug-likeness (QED) is 0.691. The molecule has 1 aliphatic rings. The number of rotatable bonds is 1. The van der Waals surface area contributed by atoms with Gasteiger partial charge in [0.1, 0.15) is 0 Å². The Bertz CT molecular complexity index is 395. The van der Waals surface area contributed by atoms with Crippen LogP contribution >= 0.6 is 27.5 Å². The summed E-state index contributed by atoms with van der Waals surface area (Å²) in [6.45, 7) is 5.45. The molecule has 0 unspecified atom stereocenters. The number of hydrogen-bond acceptors (Lipinski definition) is 1. The summed E-state index contributed by atoms with van der Waals surface area (Å²) in [5, 5.41) is 0.775. The molecule has 0 atom stereocenters. The molecule has 0 saturated carbocycles. The van der Waals surface area contributed by atoms with E-state index in [-0.39, 0.29) is 5.41 Å². The van der Waals surface area contributed by atoms with Crippen LogP contribution in [0.5, 0.6) is 0 Å². The summed E-state index contributed by atoms with van der Waals surface area (Å²) in [6, 6.07) is 7.92. The van der Waals surface area contributed by atoms with E-state index < -0.39 is 0 Å².